The van der Waals surface area contributed by atoms with Crippen LogP contribution in [0.1, 0.15) is 44.1 Å². The molecule has 3 aromatic carbocycles. The summed E-state index contributed by atoms with van der Waals surface area (Å²) in [4.78, 5) is 13.7. The lowest BCUT2D eigenvalue weighted by Gasteiger charge is -2.31. The summed E-state index contributed by atoms with van der Waals surface area (Å²) in [5.74, 6) is 1.55. The molecule has 2 bridgehead atoms. The summed E-state index contributed by atoms with van der Waals surface area (Å²) < 4.78 is 58.6. The Balaban J connectivity index is 1.27. The molecule has 0 radical (unpaired) electrons. The monoisotopic (exact) mass is 614 g/mol. The van der Waals surface area contributed by atoms with Gasteiger partial charge in [0.05, 0.1) is 23.3 Å². The molecule has 0 spiro atoms. The fourth-order valence-corrected chi connectivity index (χ4v) is 8.02. The molecule has 1 N–H and O–H groups in total. The molecular formula is C35H33F3N4O3. The average Bonchev–Trinajstić information content (AvgIpc) is 3.66. The van der Waals surface area contributed by atoms with Crippen molar-refractivity contribution in [1.82, 2.24) is 14.9 Å². The number of alkyl halides is 1. The number of phenolic OH excluding ortho intramolecular Hbond substituents is 1. The van der Waals surface area contributed by atoms with E-state index in [9.17, 15) is 13.9 Å². The third-order valence-electron chi connectivity index (χ3n) is 10.1. The normalized spacial score (nSPS) is 26.4. The summed E-state index contributed by atoms with van der Waals surface area (Å²) in [6.45, 7) is 2.70. The molecule has 4 fully saturated rings. The number of fused-ring (bicyclic) bond motifs is 5. The number of aromatic nitrogens is 2. The van der Waals surface area contributed by atoms with Crippen LogP contribution in [0, 0.1) is 24.0 Å². The van der Waals surface area contributed by atoms with Crippen molar-refractivity contribution >= 4 is 27.5 Å². The van der Waals surface area contributed by atoms with Crippen molar-refractivity contribution < 1.29 is 27.8 Å². The van der Waals surface area contributed by atoms with E-state index in [1.807, 2.05) is 0 Å². The van der Waals surface area contributed by atoms with Crippen LogP contribution in [0.5, 0.6) is 11.8 Å². The zero-order valence-corrected chi connectivity index (χ0v) is 24.7. The Morgan fingerprint density at radius 3 is 2.78 bits per heavy atom. The van der Waals surface area contributed by atoms with Crippen LogP contribution in [0.15, 0.2) is 36.4 Å². The molecule has 5 heterocycles. The summed E-state index contributed by atoms with van der Waals surface area (Å²) >= 11 is 0. The number of halogens is 3. The highest BCUT2D eigenvalue weighted by atomic mass is 19.1. The minimum atomic E-state index is -0.913. The highest BCUT2D eigenvalue weighted by Gasteiger charge is 2.49. The highest BCUT2D eigenvalue weighted by molar-refractivity contribution is 6.04. The third-order valence-corrected chi connectivity index (χ3v) is 10.1. The minimum Gasteiger partial charge on any atom is -0.508 e. The van der Waals surface area contributed by atoms with Crippen LogP contribution in [-0.4, -0.2) is 76.7 Å². The van der Waals surface area contributed by atoms with Crippen molar-refractivity contribution in [3.8, 4) is 35.2 Å². The van der Waals surface area contributed by atoms with Gasteiger partial charge in [0.1, 0.15) is 35.7 Å². The third kappa shape index (κ3) is 4.75. The molecule has 7 nitrogen and oxygen atoms in total. The van der Waals surface area contributed by atoms with Crippen molar-refractivity contribution in [3.05, 3.63) is 53.6 Å². The summed E-state index contributed by atoms with van der Waals surface area (Å²) in [6, 6.07) is 8.96. The molecule has 8 rings (SSSR count). The lowest BCUT2D eigenvalue weighted by Crippen LogP contribution is -2.43. The number of terminal acetylenes is 1. The number of hydrogen-bond donors (Lipinski definition) is 1. The molecule has 4 atom stereocenters. The molecule has 0 amide bonds. The van der Waals surface area contributed by atoms with Gasteiger partial charge >= 0.3 is 6.01 Å². The lowest BCUT2D eigenvalue weighted by atomic mass is 9.93. The van der Waals surface area contributed by atoms with Crippen LogP contribution in [0.3, 0.4) is 0 Å². The summed E-state index contributed by atoms with van der Waals surface area (Å²) in [5.41, 5.74) is -0.0496. The first-order chi connectivity index (χ1) is 21.8. The van der Waals surface area contributed by atoms with Gasteiger partial charge in [-0.15, -0.1) is 6.42 Å². The van der Waals surface area contributed by atoms with Gasteiger partial charge in [0.25, 0.3) is 0 Å². The van der Waals surface area contributed by atoms with Gasteiger partial charge in [0, 0.05) is 42.4 Å². The van der Waals surface area contributed by atoms with E-state index in [1.54, 1.807) is 12.1 Å². The average molecular weight is 615 g/mol. The number of nitrogens with zero attached hydrogens (tertiary/aromatic N) is 4. The summed E-state index contributed by atoms with van der Waals surface area (Å²) in [7, 11) is 0. The topological polar surface area (TPSA) is 71.0 Å². The lowest BCUT2D eigenvalue weighted by molar-refractivity contribution is 0.0580. The number of benzene rings is 3. The van der Waals surface area contributed by atoms with E-state index < -0.39 is 23.3 Å². The van der Waals surface area contributed by atoms with Crippen molar-refractivity contribution in [3.63, 3.8) is 0 Å². The standard InChI is InChI=1S/C35H33F3N4O3/c1-2-25-29(37)9-4-20-14-22(43)15-28(30(20)25)26-7-8-27-32(31(26)38)39-34(44-19-35-11-3-12-42(35)17-21(36)16-35)40-33(27)41-13-10-23-5-6-24(18-41)45-23/h1,4,7-9,14-15,21,23-24,43H,3,5-6,10-13,16-19H2/t21-,23?,24?,35+/m1/s1. The van der Waals surface area contributed by atoms with Gasteiger partial charge in [-0.1, -0.05) is 18.1 Å². The van der Waals surface area contributed by atoms with E-state index in [1.165, 1.54) is 24.3 Å². The number of anilines is 1. The maximum absolute atomic E-state index is 16.8. The Morgan fingerprint density at radius 2 is 1.91 bits per heavy atom. The number of hydrogen-bond acceptors (Lipinski definition) is 7. The quantitative estimate of drug-likeness (QED) is 0.272. The second-order valence-electron chi connectivity index (χ2n) is 12.9. The van der Waals surface area contributed by atoms with Crippen molar-refractivity contribution in [2.24, 2.45) is 0 Å². The Labute approximate surface area is 259 Å². The Hall–Kier alpha value is -4.07. The van der Waals surface area contributed by atoms with E-state index >= 15 is 4.39 Å². The maximum atomic E-state index is 16.8. The molecule has 2 unspecified atom stereocenters. The van der Waals surface area contributed by atoms with Gasteiger partial charge in [-0.05, 0) is 73.9 Å². The molecule has 4 saturated heterocycles. The minimum absolute atomic E-state index is 0.0166. The van der Waals surface area contributed by atoms with Crippen molar-refractivity contribution in [1.29, 1.82) is 0 Å². The molecule has 0 saturated carbocycles. The Morgan fingerprint density at radius 1 is 1.04 bits per heavy atom. The fraction of sp³-hybridized carbons (Fsp3) is 0.429. The molecule has 1 aromatic heterocycles. The SMILES string of the molecule is C#Cc1c(F)ccc2cc(O)cc(-c3ccc4c(N5CCC6CCC(C5)O6)nc(OC[C@@]56CCCN5C[C@H](F)C6)nc4c3F)c12. The zero-order chi connectivity index (χ0) is 30.9. The van der Waals surface area contributed by atoms with Gasteiger partial charge in [0.2, 0.25) is 0 Å². The fourth-order valence-electron chi connectivity index (χ4n) is 8.02. The second kappa shape index (κ2) is 10.8. The first kappa shape index (κ1) is 28.4. The van der Waals surface area contributed by atoms with Crippen molar-refractivity contribution in [2.45, 2.75) is 62.4 Å². The predicted molar refractivity (Wildman–Crippen MR) is 165 cm³/mol. The van der Waals surface area contributed by atoms with Crippen LogP contribution < -0.4 is 9.64 Å². The van der Waals surface area contributed by atoms with Crippen molar-refractivity contribution in [2.75, 3.05) is 37.7 Å². The first-order valence-corrected chi connectivity index (χ1v) is 15.7. The maximum Gasteiger partial charge on any atom is 0.319 e. The number of phenols is 1. The molecule has 4 aromatic rings. The number of rotatable bonds is 5. The molecule has 10 heteroatoms. The molecule has 4 aliphatic rings. The van der Waals surface area contributed by atoms with Crippen LogP contribution in [0.25, 0.3) is 32.8 Å². The van der Waals surface area contributed by atoms with Crippen LogP contribution in [-0.2, 0) is 4.74 Å². The van der Waals surface area contributed by atoms with E-state index in [-0.39, 0.29) is 52.8 Å². The van der Waals surface area contributed by atoms with Crippen LogP contribution >= 0.6 is 0 Å². The van der Waals surface area contributed by atoms with Gasteiger partial charge < -0.3 is 19.5 Å². The van der Waals surface area contributed by atoms with Gasteiger partial charge in [-0.3, -0.25) is 4.90 Å². The summed E-state index contributed by atoms with van der Waals surface area (Å²) in [6.07, 6.45) is 10.0. The van der Waals surface area contributed by atoms with E-state index in [4.69, 9.17) is 20.9 Å². The van der Waals surface area contributed by atoms with E-state index in [0.29, 0.717) is 48.0 Å². The number of aromatic hydroxyl groups is 1. The second-order valence-corrected chi connectivity index (χ2v) is 12.9. The summed E-state index contributed by atoms with van der Waals surface area (Å²) in [5, 5.41) is 11.9. The highest BCUT2D eigenvalue weighted by Crippen LogP contribution is 2.42. The Kier molecular flexibility index (Phi) is 6.80. The predicted octanol–water partition coefficient (Wildman–Crippen LogP) is 6.13. The van der Waals surface area contributed by atoms with Gasteiger partial charge in [-0.25, -0.2) is 13.2 Å². The molecule has 232 valence electrons. The number of ether oxygens (including phenoxy) is 2. The van der Waals surface area contributed by atoms with Crippen LogP contribution in [0.2, 0.25) is 0 Å². The largest absolute Gasteiger partial charge is 0.508 e. The van der Waals surface area contributed by atoms with Gasteiger partial charge in [-0.2, -0.15) is 9.97 Å². The first-order valence-electron chi connectivity index (χ1n) is 15.7. The van der Waals surface area contributed by atoms with Gasteiger partial charge in [0.15, 0.2) is 5.82 Å². The molecular weight excluding hydrogens is 581 g/mol. The van der Waals surface area contributed by atoms with E-state index in [2.05, 4.69) is 20.7 Å². The molecule has 45 heavy (non-hydrogen) atoms. The smallest absolute Gasteiger partial charge is 0.319 e. The Bertz CT molecular complexity index is 1880. The van der Waals surface area contributed by atoms with E-state index in [0.717, 1.165) is 38.6 Å². The van der Waals surface area contributed by atoms with Crippen LogP contribution in [0.4, 0.5) is 19.0 Å². The molecule has 0 aliphatic carbocycles. The molecule has 4 aliphatic heterocycles. The zero-order valence-electron chi connectivity index (χ0n) is 24.7.